The van der Waals surface area contributed by atoms with Crippen molar-refractivity contribution in [1.82, 2.24) is 4.90 Å². The second-order valence-electron chi connectivity index (χ2n) is 6.74. The van der Waals surface area contributed by atoms with Gasteiger partial charge in [0.2, 0.25) is 0 Å². The Morgan fingerprint density at radius 1 is 1.11 bits per heavy atom. The Morgan fingerprint density at radius 2 is 1.78 bits per heavy atom. The third kappa shape index (κ3) is 4.55. The lowest BCUT2D eigenvalue weighted by Gasteiger charge is -2.31. The Bertz CT molecular complexity index is 818. The standard InChI is InChI=1S/C20H24N4O3/c1-22(20(25)21-17-10-4-6-12-19(17)24(26)27)15-16-9-3-5-11-18(16)23-13-7-2-8-14-23/h3-6,9-12H,2,7-8,13-15H2,1H3,(H,21,25). The zero-order valence-electron chi connectivity index (χ0n) is 15.4. The lowest BCUT2D eigenvalue weighted by molar-refractivity contribution is -0.383. The summed E-state index contributed by atoms with van der Waals surface area (Å²) in [6.07, 6.45) is 3.63. The molecule has 0 aliphatic carbocycles. The quantitative estimate of drug-likeness (QED) is 0.632. The maximum atomic E-state index is 12.6. The Labute approximate surface area is 158 Å². The van der Waals surface area contributed by atoms with E-state index in [0.29, 0.717) is 6.54 Å². The summed E-state index contributed by atoms with van der Waals surface area (Å²) in [5.74, 6) is 0. The number of nitrogens with one attached hydrogen (secondary N) is 1. The Balaban J connectivity index is 1.71. The molecule has 1 N–H and O–H groups in total. The first-order chi connectivity index (χ1) is 13.1. The third-order valence-corrected chi connectivity index (χ3v) is 4.78. The number of hydrogen-bond acceptors (Lipinski definition) is 4. The molecule has 0 bridgehead atoms. The summed E-state index contributed by atoms with van der Waals surface area (Å²) in [4.78, 5) is 27.1. The fourth-order valence-corrected chi connectivity index (χ4v) is 3.36. The number of benzene rings is 2. The highest BCUT2D eigenvalue weighted by molar-refractivity contribution is 5.91. The number of carbonyl (C=O) groups excluding carboxylic acids is 1. The van der Waals surface area contributed by atoms with Crippen LogP contribution in [0.1, 0.15) is 24.8 Å². The SMILES string of the molecule is CN(Cc1ccccc1N1CCCCC1)C(=O)Nc1ccccc1[N+](=O)[O-]. The van der Waals surface area contributed by atoms with E-state index in [1.54, 1.807) is 24.1 Å². The Kier molecular flexibility index (Phi) is 5.90. The van der Waals surface area contributed by atoms with Crippen molar-refractivity contribution in [2.45, 2.75) is 25.8 Å². The van der Waals surface area contributed by atoms with Gasteiger partial charge in [0.15, 0.2) is 0 Å². The van der Waals surface area contributed by atoms with Gasteiger partial charge >= 0.3 is 6.03 Å². The molecular weight excluding hydrogens is 344 g/mol. The van der Waals surface area contributed by atoms with Gasteiger partial charge in [0.25, 0.3) is 5.69 Å². The summed E-state index contributed by atoms with van der Waals surface area (Å²) >= 11 is 0. The van der Waals surface area contributed by atoms with Gasteiger partial charge in [0.05, 0.1) is 4.92 Å². The van der Waals surface area contributed by atoms with E-state index in [1.165, 1.54) is 31.4 Å². The van der Waals surface area contributed by atoms with Crippen molar-refractivity contribution in [3.63, 3.8) is 0 Å². The van der Waals surface area contributed by atoms with Crippen LogP contribution in [0.4, 0.5) is 21.9 Å². The maximum absolute atomic E-state index is 12.6. The number of nitrogens with zero attached hydrogens (tertiary/aromatic N) is 3. The van der Waals surface area contributed by atoms with Gasteiger partial charge in [0, 0.05) is 38.4 Å². The fourth-order valence-electron chi connectivity index (χ4n) is 3.36. The number of amides is 2. The average molecular weight is 368 g/mol. The zero-order valence-corrected chi connectivity index (χ0v) is 15.4. The molecule has 2 aromatic carbocycles. The van der Waals surface area contributed by atoms with Crippen LogP contribution in [0.25, 0.3) is 0 Å². The molecule has 2 aromatic rings. The van der Waals surface area contributed by atoms with Crippen molar-refractivity contribution < 1.29 is 9.72 Å². The van der Waals surface area contributed by atoms with Gasteiger partial charge in [-0.15, -0.1) is 0 Å². The van der Waals surface area contributed by atoms with Gasteiger partial charge in [-0.2, -0.15) is 0 Å². The predicted octanol–water partition coefficient (Wildman–Crippen LogP) is 4.25. The van der Waals surface area contributed by atoms with E-state index in [0.717, 1.165) is 24.3 Å². The second kappa shape index (κ2) is 8.53. The van der Waals surface area contributed by atoms with Gasteiger partial charge in [-0.3, -0.25) is 10.1 Å². The predicted molar refractivity (Wildman–Crippen MR) is 106 cm³/mol. The van der Waals surface area contributed by atoms with E-state index >= 15 is 0 Å². The minimum Gasteiger partial charge on any atom is -0.371 e. The van der Waals surface area contributed by atoms with Crippen LogP contribution >= 0.6 is 0 Å². The topological polar surface area (TPSA) is 78.7 Å². The van der Waals surface area contributed by atoms with E-state index in [2.05, 4.69) is 16.3 Å². The number of anilines is 2. The largest absolute Gasteiger partial charge is 0.371 e. The molecule has 0 spiro atoms. The molecule has 142 valence electrons. The van der Waals surface area contributed by atoms with Gasteiger partial charge in [0.1, 0.15) is 5.69 Å². The minimum absolute atomic E-state index is 0.118. The van der Waals surface area contributed by atoms with E-state index < -0.39 is 4.92 Å². The van der Waals surface area contributed by atoms with Crippen LogP contribution in [0, 0.1) is 10.1 Å². The van der Waals surface area contributed by atoms with Gasteiger partial charge < -0.3 is 15.1 Å². The van der Waals surface area contributed by atoms with Crippen LogP contribution in [-0.4, -0.2) is 36.0 Å². The molecule has 1 aliphatic rings. The Hall–Kier alpha value is -3.09. The third-order valence-electron chi connectivity index (χ3n) is 4.78. The van der Waals surface area contributed by atoms with Gasteiger partial charge in [-0.25, -0.2) is 4.79 Å². The molecule has 7 nitrogen and oxygen atoms in total. The maximum Gasteiger partial charge on any atom is 0.322 e. The zero-order chi connectivity index (χ0) is 19.2. The summed E-state index contributed by atoms with van der Waals surface area (Å²) in [5.41, 5.74) is 2.30. The van der Waals surface area contributed by atoms with Crippen LogP contribution in [0.5, 0.6) is 0 Å². The molecule has 1 heterocycles. The first kappa shape index (κ1) is 18.7. The van der Waals surface area contributed by atoms with Crippen molar-refractivity contribution in [1.29, 1.82) is 0 Å². The smallest absolute Gasteiger partial charge is 0.322 e. The Morgan fingerprint density at radius 3 is 2.52 bits per heavy atom. The van der Waals surface area contributed by atoms with Crippen molar-refractivity contribution >= 4 is 23.1 Å². The molecule has 1 fully saturated rings. The normalized spacial score (nSPS) is 13.9. The molecule has 0 radical (unpaired) electrons. The number of hydrogen-bond donors (Lipinski definition) is 1. The highest BCUT2D eigenvalue weighted by atomic mass is 16.6. The number of nitro benzene ring substituents is 1. The summed E-state index contributed by atoms with van der Waals surface area (Å²) < 4.78 is 0. The number of para-hydroxylation sites is 3. The van der Waals surface area contributed by atoms with Crippen molar-refractivity contribution in [3.05, 3.63) is 64.2 Å². The molecule has 7 heteroatoms. The van der Waals surface area contributed by atoms with Crippen molar-refractivity contribution in [2.75, 3.05) is 30.4 Å². The molecule has 0 unspecified atom stereocenters. The highest BCUT2D eigenvalue weighted by Gasteiger charge is 2.19. The molecular formula is C20H24N4O3. The first-order valence-electron chi connectivity index (χ1n) is 9.14. The molecule has 0 saturated carbocycles. The summed E-state index contributed by atoms with van der Waals surface area (Å²) in [5, 5.41) is 13.8. The average Bonchev–Trinajstić information content (AvgIpc) is 2.69. The van der Waals surface area contributed by atoms with Gasteiger partial charge in [-0.1, -0.05) is 30.3 Å². The minimum atomic E-state index is -0.499. The molecule has 27 heavy (non-hydrogen) atoms. The lowest BCUT2D eigenvalue weighted by atomic mass is 10.1. The molecule has 0 aromatic heterocycles. The van der Waals surface area contributed by atoms with Crippen LogP contribution in [0.15, 0.2) is 48.5 Å². The number of rotatable bonds is 5. The number of piperidine rings is 1. The van der Waals surface area contributed by atoms with E-state index in [1.807, 2.05) is 18.2 Å². The van der Waals surface area contributed by atoms with Crippen molar-refractivity contribution in [2.24, 2.45) is 0 Å². The van der Waals surface area contributed by atoms with Crippen LogP contribution < -0.4 is 10.2 Å². The summed E-state index contributed by atoms with van der Waals surface area (Å²) in [7, 11) is 1.69. The molecule has 3 rings (SSSR count). The monoisotopic (exact) mass is 368 g/mol. The number of urea groups is 1. The van der Waals surface area contributed by atoms with Crippen LogP contribution in [0.3, 0.4) is 0 Å². The van der Waals surface area contributed by atoms with Gasteiger partial charge in [-0.05, 0) is 37.0 Å². The van der Waals surface area contributed by atoms with Crippen LogP contribution in [0.2, 0.25) is 0 Å². The second-order valence-corrected chi connectivity index (χ2v) is 6.74. The van der Waals surface area contributed by atoms with E-state index in [9.17, 15) is 14.9 Å². The number of nitro groups is 1. The van der Waals surface area contributed by atoms with Crippen LogP contribution in [-0.2, 0) is 6.54 Å². The fraction of sp³-hybridized carbons (Fsp3) is 0.350. The number of carbonyl (C=O) groups is 1. The lowest BCUT2D eigenvalue weighted by Crippen LogP contribution is -2.33. The summed E-state index contributed by atoms with van der Waals surface area (Å²) in [6.45, 7) is 2.49. The molecule has 0 atom stereocenters. The molecule has 2 amide bonds. The highest BCUT2D eigenvalue weighted by Crippen LogP contribution is 2.26. The van der Waals surface area contributed by atoms with E-state index in [-0.39, 0.29) is 17.4 Å². The van der Waals surface area contributed by atoms with Crippen molar-refractivity contribution in [3.8, 4) is 0 Å². The van der Waals surface area contributed by atoms with E-state index in [4.69, 9.17) is 0 Å². The molecule has 1 aliphatic heterocycles. The summed E-state index contributed by atoms with van der Waals surface area (Å²) in [6, 6.07) is 13.9. The molecule has 1 saturated heterocycles. The first-order valence-corrected chi connectivity index (χ1v) is 9.14.